The van der Waals surface area contributed by atoms with Crippen molar-refractivity contribution in [1.29, 1.82) is 0 Å². The number of aromatic amines is 1. The van der Waals surface area contributed by atoms with Crippen molar-refractivity contribution in [1.82, 2.24) is 15.6 Å². The topological polar surface area (TPSA) is 83.2 Å². The average Bonchev–Trinajstić information content (AvgIpc) is 3.40. The molecule has 0 spiro atoms. The van der Waals surface area contributed by atoms with Gasteiger partial charge in [0.2, 0.25) is 5.91 Å². The van der Waals surface area contributed by atoms with E-state index in [4.69, 9.17) is 4.74 Å². The lowest BCUT2D eigenvalue weighted by molar-refractivity contribution is -0.123. The van der Waals surface area contributed by atoms with Crippen LogP contribution in [0.2, 0.25) is 0 Å². The van der Waals surface area contributed by atoms with Crippen molar-refractivity contribution in [3.8, 4) is 5.75 Å². The lowest BCUT2D eigenvalue weighted by Gasteiger charge is -2.18. The van der Waals surface area contributed by atoms with E-state index in [0.29, 0.717) is 12.2 Å². The van der Waals surface area contributed by atoms with Gasteiger partial charge in [0.15, 0.2) is 0 Å². The lowest BCUT2D eigenvalue weighted by atomic mass is 10.0. The second kappa shape index (κ2) is 7.53. The highest BCUT2D eigenvalue weighted by atomic mass is 16.6. The number of aromatic nitrogens is 1. The van der Waals surface area contributed by atoms with Gasteiger partial charge in [-0.25, -0.2) is 4.79 Å². The highest BCUT2D eigenvalue weighted by Crippen LogP contribution is 2.21. The van der Waals surface area contributed by atoms with Gasteiger partial charge < -0.3 is 20.4 Å². The maximum Gasteiger partial charge on any atom is 0.413 e. The van der Waals surface area contributed by atoms with Gasteiger partial charge >= 0.3 is 6.09 Å². The number of rotatable bonds is 6. The molecule has 1 saturated carbocycles. The largest absolute Gasteiger partial charge is 0.413 e. The summed E-state index contributed by atoms with van der Waals surface area (Å²) < 4.78 is 5.28. The number of para-hydroxylation sites is 2. The molecule has 1 aliphatic rings. The van der Waals surface area contributed by atoms with Crippen LogP contribution in [0.5, 0.6) is 5.75 Å². The number of hydrogen-bond donors (Lipinski definition) is 3. The first-order valence-corrected chi connectivity index (χ1v) is 9.08. The first kappa shape index (κ1) is 17.1. The fourth-order valence-electron chi connectivity index (χ4n) is 3.03. The molecule has 1 fully saturated rings. The van der Waals surface area contributed by atoms with Crippen LogP contribution in [-0.2, 0) is 11.2 Å². The van der Waals surface area contributed by atoms with E-state index in [-0.39, 0.29) is 11.9 Å². The van der Waals surface area contributed by atoms with Crippen LogP contribution < -0.4 is 15.4 Å². The molecular formula is C21H21N3O3. The van der Waals surface area contributed by atoms with Crippen LogP contribution in [0, 0.1) is 0 Å². The molecule has 6 nitrogen and oxygen atoms in total. The molecular weight excluding hydrogens is 342 g/mol. The molecule has 1 aromatic heterocycles. The van der Waals surface area contributed by atoms with E-state index in [1.54, 1.807) is 24.3 Å². The summed E-state index contributed by atoms with van der Waals surface area (Å²) in [5.41, 5.74) is 1.97. The molecule has 27 heavy (non-hydrogen) atoms. The first-order chi connectivity index (χ1) is 13.2. The van der Waals surface area contributed by atoms with Crippen molar-refractivity contribution >= 4 is 22.9 Å². The Bertz CT molecular complexity index is 947. The zero-order valence-electron chi connectivity index (χ0n) is 14.8. The smallest absolute Gasteiger partial charge is 0.410 e. The fraction of sp³-hybridized carbons (Fsp3) is 0.238. The Morgan fingerprint density at radius 1 is 1.07 bits per heavy atom. The quantitative estimate of drug-likeness (QED) is 0.629. The Labute approximate surface area is 156 Å². The van der Waals surface area contributed by atoms with Gasteiger partial charge in [-0.1, -0.05) is 36.4 Å². The third kappa shape index (κ3) is 4.28. The third-order valence-electron chi connectivity index (χ3n) is 4.59. The van der Waals surface area contributed by atoms with E-state index in [1.807, 2.05) is 36.5 Å². The summed E-state index contributed by atoms with van der Waals surface area (Å²) in [7, 11) is 0. The number of nitrogens with one attached hydrogen (secondary N) is 3. The van der Waals surface area contributed by atoms with Crippen molar-refractivity contribution in [2.24, 2.45) is 0 Å². The molecule has 1 aliphatic carbocycles. The minimum atomic E-state index is -0.707. The molecule has 6 heteroatoms. The summed E-state index contributed by atoms with van der Waals surface area (Å²) in [6.45, 7) is 0. The fourth-order valence-corrected chi connectivity index (χ4v) is 3.03. The molecule has 0 bridgehead atoms. The van der Waals surface area contributed by atoms with Crippen LogP contribution in [0.1, 0.15) is 18.4 Å². The predicted molar refractivity (Wildman–Crippen MR) is 103 cm³/mol. The number of hydrogen-bond acceptors (Lipinski definition) is 3. The van der Waals surface area contributed by atoms with Gasteiger partial charge in [0.25, 0.3) is 0 Å². The maximum absolute atomic E-state index is 12.7. The van der Waals surface area contributed by atoms with E-state index in [1.165, 1.54) is 0 Å². The summed E-state index contributed by atoms with van der Waals surface area (Å²) in [6.07, 6.45) is 3.59. The Hall–Kier alpha value is -3.28. The molecule has 0 saturated heterocycles. The van der Waals surface area contributed by atoms with Crippen LogP contribution in [0.4, 0.5) is 4.79 Å². The van der Waals surface area contributed by atoms with Gasteiger partial charge in [-0.3, -0.25) is 4.79 Å². The molecule has 0 aliphatic heterocycles. The second-order valence-electron chi connectivity index (χ2n) is 6.75. The summed E-state index contributed by atoms with van der Waals surface area (Å²) in [5.74, 6) is 0.247. The van der Waals surface area contributed by atoms with Gasteiger partial charge in [-0.15, -0.1) is 0 Å². The van der Waals surface area contributed by atoms with E-state index < -0.39 is 12.1 Å². The molecule has 0 unspecified atom stereocenters. The van der Waals surface area contributed by atoms with Crippen molar-refractivity contribution in [2.45, 2.75) is 31.3 Å². The first-order valence-electron chi connectivity index (χ1n) is 9.08. The Morgan fingerprint density at radius 2 is 1.81 bits per heavy atom. The van der Waals surface area contributed by atoms with Crippen molar-refractivity contribution in [2.75, 3.05) is 0 Å². The predicted octanol–water partition coefficient (Wildman–Crippen LogP) is 3.15. The summed E-state index contributed by atoms with van der Waals surface area (Å²) in [6, 6.07) is 16.2. The molecule has 3 aromatic rings. The summed E-state index contributed by atoms with van der Waals surface area (Å²) in [5, 5.41) is 6.72. The van der Waals surface area contributed by atoms with Crippen LogP contribution in [0.15, 0.2) is 60.8 Å². The van der Waals surface area contributed by atoms with Gasteiger partial charge in [0.05, 0.1) is 0 Å². The summed E-state index contributed by atoms with van der Waals surface area (Å²) >= 11 is 0. The lowest BCUT2D eigenvalue weighted by Crippen LogP contribution is -2.49. The molecule has 138 valence electrons. The molecule has 0 radical (unpaired) electrons. The maximum atomic E-state index is 12.7. The SMILES string of the molecule is O=C(N[C@@H](Cc1c[nH]c2ccccc12)C(=O)NC1CC1)Oc1ccccc1. The molecule has 1 heterocycles. The number of benzene rings is 2. The zero-order chi connectivity index (χ0) is 18.6. The van der Waals surface area contributed by atoms with E-state index in [9.17, 15) is 9.59 Å². The normalized spacial score (nSPS) is 14.5. The Balaban J connectivity index is 1.49. The minimum Gasteiger partial charge on any atom is -0.410 e. The number of amides is 2. The van der Waals surface area contributed by atoms with E-state index in [0.717, 1.165) is 29.3 Å². The number of H-pyrrole nitrogens is 1. The monoisotopic (exact) mass is 363 g/mol. The number of fused-ring (bicyclic) bond motifs is 1. The van der Waals surface area contributed by atoms with Gasteiger partial charge in [-0.05, 0) is 36.6 Å². The number of carbonyl (C=O) groups excluding carboxylic acids is 2. The standard InChI is InChI=1S/C21H21N3O3/c25-20(23-15-10-11-15)19(24-21(26)27-16-6-2-1-3-7-16)12-14-13-22-18-9-5-4-8-17(14)18/h1-9,13,15,19,22H,10-12H2,(H,23,25)(H,24,26)/t19-/m0/s1. The second-order valence-corrected chi connectivity index (χ2v) is 6.75. The zero-order valence-corrected chi connectivity index (χ0v) is 14.8. The van der Waals surface area contributed by atoms with Crippen molar-refractivity contribution < 1.29 is 14.3 Å². The van der Waals surface area contributed by atoms with Gasteiger partial charge in [0, 0.05) is 29.6 Å². The Morgan fingerprint density at radius 3 is 2.59 bits per heavy atom. The number of carbonyl (C=O) groups is 2. The van der Waals surface area contributed by atoms with Gasteiger partial charge in [0.1, 0.15) is 11.8 Å². The van der Waals surface area contributed by atoms with Gasteiger partial charge in [-0.2, -0.15) is 0 Å². The van der Waals surface area contributed by atoms with Crippen LogP contribution in [0.3, 0.4) is 0 Å². The Kier molecular flexibility index (Phi) is 4.78. The van der Waals surface area contributed by atoms with Crippen LogP contribution in [0.25, 0.3) is 10.9 Å². The molecule has 4 rings (SSSR count). The average molecular weight is 363 g/mol. The molecule has 1 atom stereocenters. The van der Waals surface area contributed by atoms with E-state index >= 15 is 0 Å². The third-order valence-corrected chi connectivity index (χ3v) is 4.59. The molecule has 2 aromatic carbocycles. The van der Waals surface area contributed by atoms with Crippen molar-refractivity contribution in [3.63, 3.8) is 0 Å². The minimum absolute atomic E-state index is 0.187. The van der Waals surface area contributed by atoms with Crippen LogP contribution >= 0.6 is 0 Å². The summed E-state index contributed by atoms with van der Waals surface area (Å²) in [4.78, 5) is 28.2. The number of ether oxygens (including phenoxy) is 1. The highest BCUT2D eigenvalue weighted by molar-refractivity contribution is 5.88. The van der Waals surface area contributed by atoms with Crippen molar-refractivity contribution in [3.05, 3.63) is 66.4 Å². The van der Waals surface area contributed by atoms with Crippen LogP contribution in [-0.4, -0.2) is 29.1 Å². The highest BCUT2D eigenvalue weighted by Gasteiger charge is 2.29. The van der Waals surface area contributed by atoms with E-state index in [2.05, 4.69) is 15.6 Å². The molecule has 3 N–H and O–H groups in total. The molecule has 2 amide bonds.